The molecule has 0 saturated heterocycles. The van der Waals surface area contributed by atoms with Gasteiger partial charge in [-0.3, -0.25) is 0 Å². The SMILES string of the molecule is C/C=C/c1cccc(S(=O)(=O)Cl)c1.CCCC=O. The Labute approximate surface area is 113 Å². The number of hydrogen-bond acceptors (Lipinski definition) is 3. The third kappa shape index (κ3) is 7.25. The van der Waals surface area contributed by atoms with Crippen LogP contribution in [0.3, 0.4) is 0 Å². The Bertz CT molecular complexity index is 493. The van der Waals surface area contributed by atoms with Gasteiger partial charge < -0.3 is 4.79 Å². The molecule has 0 fully saturated rings. The fourth-order valence-electron chi connectivity index (χ4n) is 1.08. The smallest absolute Gasteiger partial charge is 0.261 e. The topological polar surface area (TPSA) is 51.2 Å². The van der Waals surface area contributed by atoms with E-state index in [2.05, 4.69) is 0 Å². The lowest BCUT2D eigenvalue weighted by molar-refractivity contribution is -0.107. The number of carbonyl (C=O) groups excluding carboxylic acids is 1. The molecule has 5 heteroatoms. The summed E-state index contributed by atoms with van der Waals surface area (Å²) in [5.74, 6) is 0. The van der Waals surface area contributed by atoms with E-state index in [0.717, 1.165) is 18.3 Å². The van der Waals surface area contributed by atoms with Crippen LogP contribution in [-0.4, -0.2) is 14.7 Å². The maximum absolute atomic E-state index is 10.9. The first-order valence-electron chi connectivity index (χ1n) is 5.56. The first kappa shape index (κ1) is 16.9. The zero-order chi connectivity index (χ0) is 14.0. The number of benzene rings is 1. The normalized spacial score (nSPS) is 10.8. The maximum Gasteiger partial charge on any atom is 0.261 e. The Kier molecular flexibility index (Phi) is 8.33. The predicted octanol–water partition coefficient (Wildman–Crippen LogP) is 3.63. The highest BCUT2D eigenvalue weighted by Gasteiger charge is 2.08. The van der Waals surface area contributed by atoms with Crippen LogP contribution in [0.1, 0.15) is 32.3 Å². The molecule has 0 atom stereocenters. The Morgan fingerprint density at radius 3 is 2.39 bits per heavy atom. The highest BCUT2D eigenvalue weighted by Crippen LogP contribution is 2.16. The van der Waals surface area contributed by atoms with Gasteiger partial charge in [0.2, 0.25) is 0 Å². The summed E-state index contributed by atoms with van der Waals surface area (Å²) in [5, 5.41) is 0. The second kappa shape index (κ2) is 8.89. The van der Waals surface area contributed by atoms with E-state index >= 15 is 0 Å². The lowest BCUT2D eigenvalue weighted by atomic mass is 10.2. The zero-order valence-corrected chi connectivity index (χ0v) is 12.0. The molecule has 0 spiro atoms. The molecule has 1 aromatic carbocycles. The van der Waals surface area contributed by atoms with Crippen molar-refractivity contribution >= 4 is 32.1 Å². The van der Waals surface area contributed by atoms with Crippen LogP contribution < -0.4 is 0 Å². The number of hydrogen-bond donors (Lipinski definition) is 0. The number of halogens is 1. The average molecular weight is 289 g/mol. The lowest BCUT2D eigenvalue weighted by Gasteiger charge is -1.97. The van der Waals surface area contributed by atoms with Crippen LogP contribution in [0.5, 0.6) is 0 Å². The summed E-state index contributed by atoms with van der Waals surface area (Å²) in [7, 11) is 1.57. The number of carbonyl (C=O) groups is 1. The van der Waals surface area contributed by atoms with E-state index in [1.54, 1.807) is 6.07 Å². The lowest BCUT2D eigenvalue weighted by Crippen LogP contribution is -1.89. The van der Waals surface area contributed by atoms with Crippen LogP contribution in [0.4, 0.5) is 0 Å². The molecule has 1 aromatic rings. The van der Waals surface area contributed by atoms with Crippen molar-refractivity contribution in [2.24, 2.45) is 0 Å². The molecule has 3 nitrogen and oxygen atoms in total. The van der Waals surface area contributed by atoms with Gasteiger partial charge in [0.25, 0.3) is 9.05 Å². The van der Waals surface area contributed by atoms with E-state index in [-0.39, 0.29) is 4.90 Å². The second-order valence-electron chi connectivity index (χ2n) is 3.47. The number of rotatable bonds is 4. The molecule has 18 heavy (non-hydrogen) atoms. The van der Waals surface area contributed by atoms with Crippen LogP contribution >= 0.6 is 10.7 Å². The van der Waals surface area contributed by atoms with Gasteiger partial charge in [0, 0.05) is 17.1 Å². The molecule has 0 aliphatic carbocycles. The third-order valence-corrected chi connectivity index (χ3v) is 3.26. The highest BCUT2D eigenvalue weighted by atomic mass is 35.7. The van der Waals surface area contributed by atoms with Crippen molar-refractivity contribution < 1.29 is 13.2 Å². The van der Waals surface area contributed by atoms with E-state index in [9.17, 15) is 13.2 Å². The Hall–Kier alpha value is -1.13. The van der Waals surface area contributed by atoms with Gasteiger partial charge in [-0.2, -0.15) is 0 Å². The predicted molar refractivity (Wildman–Crippen MR) is 75.2 cm³/mol. The maximum atomic E-state index is 10.9. The van der Waals surface area contributed by atoms with Crippen molar-refractivity contribution in [3.63, 3.8) is 0 Å². The molecule has 0 heterocycles. The average Bonchev–Trinajstić information content (AvgIpc) is 2.31. The van der Waals surface area contributed by atoms with Crippen LogP contribution in [0.2, 0.25) is 0 Å². The standard InChI is InChI=1S/C9H9ClO2S.C4H8O/c1-2-4-8-5-3-6-9(7-8)13(10,11)12;1-2-3-4-5/h2-7H,1H3;4H,2-3H2,1H3/b4-2+;. The molecule has 0 radical (unpaired) electrons. The molecule has 0 unspecified atom stereocenters. The summed E-state index contributed by atoms with van der Waals surface area (Å²) in [6.07, 6.45) is 6.26. The minimum atomic E-state index is -3.61. The first-order chi connectivity index (χ1) is 8.45. The number of unbranched alkanes of at least 4 members (excludes halogenated alkanes) is 1. The number of allylic oxidation sites excluding steroid dienone is 1. The van der Waals surface area contributed by atoms with E-state index in [0.29, 0.717) is 6.42 Å². The van der Waals surface area contributed by atoms with Gasteiger partial charge in [0.05, 0.1) is 4.90 Å². The summed E-state index contributed by atoms with van der Waals surface area (Å²) in [4.78, 5) is 9.53. The summed E-state index contributed by atoms with van der Waals surface area (Å²) in [6, 6.07) is 6.47. The zero-order valence-electron chi connectivity index (χ0n) is 10.5. The van der Waals surface area contributed by atoms with E-state index in [1.807, 2.05) is 32.1 Å². The van der Waals surface area contributed by atoms with Gasteiger partial charge in [-0.15, -0.1) is 0 Å². The molecular weight excluding hydrogens is 272 g/mol. The minimum Gasteiger partial charge on any atom is -0.303 e. The highest BCUT2D eigenvalue weighted by molar-refractivity contribution is 8.13. The fourth-order valence-corrected chi connectivity index (χ4v) is 1.89. The van der Waals surface area contributed by atoms with Crippen molar-refractivity contribution in [1.82, 2.24) is 0 Å². The third-order valence-electron chi connectivity index (χ3n) is 1.91. The van der Waals surface area contributed by atoms with Crippen molar-refractivity contribution in [3.8, 4) is 0 Å². The Morgan fingerprint density at radius 2 is 2.00 bits per heavy atom. The first-order valence-corrected chi connectivity index (χ1v) is 7.87. The van der Waals surface area contributed by atoms with Gasteiger partial charge in [-0.1, -0.05) is 31.2 Å². The van der Waals surface area contributed by atoms with E-state index in [4.69, 9.17) is 10.7 Å². The molecule has 0 N–H and O–H groups in total. The monoisotopic (exact) mass is 288 g/mol. The van der Waals surface area contributed by atoms with Gasteiger partial charge in [0.15, 0.2) is 0 Å². The van der Waals surface area contributed by atoms with E-state index < -0.39 is 9.05 Å². The van der Waals surface area contributed by atoms with Gasteiger partial charge >= 0.3 is 0 Å². The van der Waals surface area contributed by atoms with Crippen LogP contribution in [0, 0.1) is 0 Å². The second-order valence-corrected chi connectivity index (χ2v) is 6.03. The molecule has 0 saturated carbocycles. The quantitative estimate of drug-likeness (QED) is 0.628. The van der Waals surface area contributed by atoms with Crippen LogP contribution in [0.25, 0.3) is 6.08 Å². The van der Waals surface area contributed by atoms with Crippen molar-refractivity contribution in [2.45, 2.75) is 31.6 Å². The molecular formula is C13H17ClO3S. The summed E-state index contributed by atoms with van der Waals surface area (Å²) in [5.41, 5.74) is 0.823. The van der Waals surface area contributed by atoms with Crippen LogP contribution in [-0.2, 0) is 13.8 Å². The van der Waals surface area contributed by atoms with Gasteiger partial charge in [-0.05, 0) is 31.0 Å². The van der Waals surface area contributed by atoms with Crippen molar-refractivity contribution in [1.29, 1.82) is 0 Å². The number of aldehydes is 1. The minimum absolute atomic E-state index is 0.129. The summed E-state index contributed by atoms with van der Waals surface area (Å²) in [6.45, 7) is 3.84. The molecule has 1 rings (SSSR count). The van der Waals surface area contributed by atoms with Crippen LogP contribution in [0.15, 0.2) is 35.2 Å². The fraction of sp³-hybridized carbons (Fsp3) is 0.308. The van der Waals surface area contributed by atoms with Gasteiger partial charge in [0.1, 0.15) is 6.29 Å². The van der Waals surface area contributed by atoms with Crippen molar-refractivity contribution in [2.75, 3.05) is 0 Å². The van der Waals surface area contributed by atoms with E-state index in [1.165, 1.54) is 12.1 Å². The van der Waals surface area contributed by atoms with Gasteiger partial charge in [-0.25, -0.2) is 8.42 Å². The summed E-state index contributed by atoms with van der Waals surface area (Å²) >= 11 is 0. The molecule has 0 amide bonds. The molecule has 0 bridgehead atoms. The molecule has 0 aromatic heterocycles. The Balaban J connectivity index is 0.000000494. The van der Waals surface area contributed by atoms with Crippen molar-refractivity contribution in [3.05, 3.63) is 35.9 Å². The summed E-state index contributed by atoms with van der Waals surface area (Å²) < 4.78 is 21.9. The molecule has 0 aliphatic heterocycles. The molecule has 100 valence electrons. The Morgan fingerprint density at radius 1 is 1.33 bits per heavy atom. The largest absolute Gasteiger partial charge is 0.303 e. The molecule has 0 aliphatic rings.